The van der Waals surface area contributed by atoms with Gasteiger partial charge in [0.25, 0.3) is 0 Å². The predicted octanol–water partition coefficient (Wildman–Crippen LogP) is 3.43. The van der Waals surface area contributed by atoms with Crippen molar-refractivity contribution in [1.29, 1.82) is 0 Å². The summed E-state index contributed by atoms with van der Waals surface area (Å²) in [5.74, 6) is -2.59. The lowest BCUT2D eigenvalue weighted by Gasteiger charge is -2.01. The van der Waals surface area contributed by atoms with Gasteiger partial charge in [-0.2, -0.15) is 5.10 Å². The van der Waals surface area contributed by atoms with Gasteiger partial charge in [0.15, 0.2) is 17.5 Å². The molecule has 0 saturated carbocycles. The first-order valence-corrected chi connectivity index (χ1v) is 6.01. The Morgan fingerprint density at radius 1 is 1.33 bits per heavy atom. The van der Waals surface area contributed by atoms with E-state index in [0.717, 1.165) is 12.1 Å². The molecule has 1 heterocycles. The number of benzene rings is 1. The van der Waals surface area contributed by atoms with Gasteiger partial charge in [-0.25, -0.2) is 18.2 Å². The van der Waals surface area contributed by atoms with Crippen molar-refractivity contribution in [1.82, 2.24) is 10.2 Å². The third-order valence-corrected chi connectivity index (χ3v) is 2.78. The minimum absolute atomic E-state index is 0.000139. The molecule has 0 saturated heterocycles. The van der Waals surface area contributed by atoms with Gasteiger partial charge in [0.2, 0.25) is 0 Å². The van der Waals surface area contributed by atoms with E-state index in [-0.39, 0.29) is 28.1 Å². The Kier molecular flexibility index (Phi) is 3.84. The molecular weight excluding hydrogens is 281 g/mol. The number of hydrogen-bond acceptors (Lipinski definition) is 2. The number of nitrogens with zero attached hydrogens (tertiary/aromatic N) is 2. The summed E-state index contributed by atoms with van der Waals surface area (Å²) >= 11 is 0. The van der Waals surface area contributed by atoms with E-state index in [1.807, 2.05) is 0 Å². The highest BCUT2D eigenvalue weighted by molar-refractivity contribution is 6.00. The van der Waals surface area contributed by atoms with Crippen LogP contribution in [0.3, 0.4) is 0 Å². The lowest BCUT2D eigenvalue weighted by molar-refractivity contribution is 0.590. The number of aromatic amines is 1. The molecule has 1 aromatic carbocycles. The number of nitrogens with two attached hydrogens (primary N) is 1. The van der Waals surface area contributed by atoms with E-state index in [4.69, 9.17) is 5.73 Å². The van der Waals surface area contributed by atoms with Crippen molar-refractivity contribution < 1.29 is 13.2 Å². The summed E-state index contributed by atoms with van der Waals surface area (Å²) in [6.45, 7) is 6.68. The second kappa shape index (κ2) is 5.43. The van der Waals surface area contributed by atoms with Crippen LogP contribution in [0.5, 0.6) is 0 Å². The summed E-state index contributed by atoms with van der Waals surface area (Å²) in [5.41, 5.74) is 5.98. The van der Waals surface area contributed by atoms with Crippen molar-refractivity contribution >= 4 is 22.4 Å². The summed E-state index contributed by atoms with van der Waals surface area (Å²) in [6, 6.07) is 1.82. The van der Waals surface area contributed by atoms with Gasteiger partial charge in [-0.15, -0.1) is 0 Å². The number of fused-ring (bicyclic) bond motifs is 1. The maximum absolute atomic E-state index is 13.6. The summed E-state index contributed by atoms with van der Waals surface area (Å²) in [7, 11) is 0. The van der Waals surface area contributed by atoms with Crippen LogP contribution in [0.25, 0.3) is 16.6 Å². The van der Waals surface area contributed by atoms with E-state index in [1.54, 1.807) is 0 Å². The van der Waals surface area contributed by atoms with Crippen molar-refractivity contribution in [3.63, 3.8) is 0 Å². The fourth-order valence-electron chi connectivity index (χ4n) is 1.77. The molecule has 110 valence electrons. The lowest BCUT2D eigenvalue weighted by atomic mass is 10.1. The average Bonchev–Trinajstić information content (AvgIpc) is 2.81. The van der Waals surface area contributed by atoms with Crippen LogP contribution in [-0.2, 0) is 0 Å². The molecule has 2 rings (SSSR count). The molecule has 3 N–H and O–H groups in total. The fourth-order valence-corrected chi connectivity index (χ4v) is 1.77. The van der Waals surface area contributed by atoms with E-state index in [9.17, 15) is 13.2 Å². The van der Waals surface area contributed by atoms with Gasteiger partial charge in [0.1, 0.15) is 17.0 Å². The smallest absolute Gasteiger partial charge is 0.163 e. The number of nitrogens with one attached hydrogen (secondary N) is 1. The van der Waals surface area contributed by atoms with Crippen molar-refractivity contribution in [2.75, 3.05) is 0 Å². The molecule has 0 unspecified atom stereocenters. The molecule has 7 heteroatoms. The van der Waals surface area contributed by atoms with Gasteiger partial charge in [-0.05, 0) is 25.5 Å². The zero-order valence-electron chi connectivity index (χ0n) is 11.5. The third kappa shape index (κ3) is 2.81. The highest BCUT2D eigenvalue weighted by atomic mass is 19.1. The lowest BCUT2D eigenvalue weighted by Crippen LogP contribution is -2.13. The van der Waals surface area contributed by atoms with E-state index in [1.165, 1.54) is 13.8 Å². The maximum Gasteiger partial charge on any atom is 0.163 e. The molecule has 0 aliphatic rings. The zero-order valence-corrected chi connectivity index (χ0v) is 11.5. The highest BCUT2D eigenvalue weighted by Gasteiger charge is 2.14. The van der Waals surface area contributed by atoms with E-state index >= 15 is 0 Å². The van der Waals surface area contributed by atoms with Crippen LogP contribution in [-0.4, -0.2) is 16.0 Å². The molecule has 0 radical (unpaired) electrons. The zero-order chi connectivity index (χ0) is 15.7. The molecule has 0 atom stereocenters. The molecule has 0 spiro atoms. The Hall–Kier alpha value is -2.57. The monoisotopic (exact) mass is 294 g/mol. The summed E-state index contributed by atoms with van der Waals surface area (Å²) < 4.78 is 40.4. The number of H-pyrrole nitrogens is 1. The molecule has 2 aromatic rings. The number of halogens is 3. The molecular formula is C14H13F3N4. The Balaban J connectivity index is 2.51. The second-order valence-corrected chi connectivity index (χ2v) is 4.64. The molecule has 0 bridgehead atoms. The Morgan fingerprint density at radius 3 is 2.62 bits per heavy atom. The first kappa shape index (κ1) is 14.8. The quantitative estimate of drug-likeness (QED) is 0.672. The number of aromatic nitrogens is 2. The summed E-state index contributed by atoms with van der Waals surface area (Å²) in [5, 5.41) is 6.40. The average molecular weight is 294 g/mol. The summed E-state index contributed by atoms with van der Waals surface area (Å²) in [4.78, 5) is 3.79. The Labute approximate surface area is 118 Å². The molecule has 4 nitrogen and oxygen atoms in total. The van der Waals surface area contributed by atoms with E-state index in [0.29, 0.717) is 5.57 Å². The summed E-state index contributed by atoms with van der Waals surface area (Å²) in [6.07, 6.45) is 0. The predicted molar refractivity (Wildman–Crippen MR) is 76.1 cm³/mol. The van der Waals surface area contributed by atoms with Crippen LogP contribution >= 0.6 is 0 Å². The number of hydrogen-bond donors (Lipinski definition) is 2. The van der Waals surface area contributed by atoms with E-state index < -0.39 is 17.5 Å². The Morgan fingerprint density at radius 2 is 2.00 bits per heavy atom. The van der Waals surface area contributed by atoms with Crippen LogP contribution in [0.4, 0.5) is 13.2 Å². The fraction of sp³-hybridized carbons (Fsp3) is 0.143. The SMILES string of the molecule is C=C(/N=C(/N)C(F)=C(C)C)c1n[nH]c2c(F)cc(F)cc12. The topological polar surface area (TPSA) is 67.1 Å². The van der Waals surface area contributed by atoms with Crippen molar-refractivity contribution in [2.45, 2.75) is 13.8 Å². The number of aliphatic imine (C=N–C) groups is 1. The van der Waals surface area contributed by atoms with Crippen molar-refractivity contribution in [2.24, 2.45) is 10.7 Å². The van der Waals surface area contributed by atoms with Crippen LogP contribution in [0.2, 0.25) is 0 Å². The van der Waals surface area contributed by atoms with Crippen LogP contribution in [0.1, 0.15) is 19.5 Å². The molecule has 0 amide bonds. The van der Waals surface area contributed by atoms with Gasteiger partial charge in [0, 0.05) is 11.5 Å². The minimum atomic E-state index is -0.788. The van der Waals surface area contributed by atoms with Gasteiger partial charge in [-0.3, -0.25) is 5.10 Å². The number of allylic oxidation sites excluding steroid dienone is 1. The van der Waals surface area contributed by atoms with E-state index in [2.05, 4.69) is 21.8 Å². The first-order valence-electron chi connectivity index (χ1n) is 6.01. The van der Waals surface area contributed by atoms with Gasteiger partial charge >= 0.3 is 0 Å². The standard InChI is InChI=1S/C14H13F3N4/c1-6(2)11(17)14(18)19-7(3)12-9-4-8(15)5-10(16)13(9)21-20-12/h4-5H,3H2,1-2H3,(H2,18,19)(H,20,21). The molecule has 1 aromatic heterocycles. The van der Waals surface area contributed by atoms with Crippen LogP contribution < -0.4 is 5.73 Å². The molecule has 0 fully saturated rings. The van der Waals surface area contributed by atoms with Gasteiger partial charge in [-0.1, -0.05) is 6.58 Å². The first-order chi connectivity index (χ1) is 9.81. The third-order valence-electron chi connectivity index (χ3n) is 2.78. The normalized spacial score (nSPS) is 11.8. The largest absolute Gasteiger partial charge is 0.381 e. The van der Waals surface area contributed by atoms with Crippen LogP contribution in [0.15, 0.2) is 35.1 Å². The highest BCUT2D eigenvalue weighted by Crippen LogP contribution is 2.25. The number of amidine groups is 1. The minimum Gasteiger partial charge on any atom is -0.381 e. The van der Waals surface area contributed by atoms with Gasteiger partial charge < -0.3 is 5.73 Å². The second-order valence-electron chi connectivity index (χ2n) is 4.64. The van der Waals surface area contributed by atoms with Crippen LogP contribution in [0, 0.1) is 11.6 Å². The molecule has 21 heavy (non-hydrogen) atoms. The number of rotatable bonds is 3. The van der Waals surface area contributed by atoms with Gasteiger partial charge in [0.05, 0.1) is 5.70 Å². The molecule has 0 aliphatic heterocycles. The van der Waals surface area contributed by atoms with Crippen molar-refractivity contribution in [3.05, 3.63) is 47.4 Å². The maximum atomic E-state index is 13.6. The Bertz CT molecular complexity index is 783. The molecule has 0 aliphatic carbocycles. The van der Waals surface area contributed by atoms with Crippen molar-refractivity contribution in [3.8, 4) is 0 Å².